The Morgan fingerprint density at radius 2 is 1.77 bits per heavy atom. The summed E-state index contributed by atoms with van der Waals surface area (Å²) in [5.74, 6) is 0. The van der Waals surface area contributed by atoms with Gasteiger partial charge in [0, 0.05) is 50.3 Å². The fraction of sp³-hybridized carbons (Fsp3) is 0.600. The van der Waals surface area contributed by atoms with Gasteiger partial charge in [-0.3, -0.25) is 0 Å². The van der Waals surface area contributed by atoms with Crippen LogP contribution >= 0.6 is 0 Å². The van der Waals surface area contributed by atoms with Crippen LogP contribution in [0.5, 0.6) is 0 Å². The third-order valence-electron chi connectivity index (χ3n) is 6.00. The molecule has 0 amide bonds. The van der Waals surface area contributed by atoms with Crippen molar-refractivity contribution in [2.24, 2.45) is 5.73 Å². The molecule has 0 spiro atoms. The summed E-state index contributed by atoms with van der Waals surface area (Å²) in [5, 5.41) is 7.14. The molecular weight excluding hydrogens is 370 g/mol. The van der Waals surface area contributed by atoms with Crippen molar-refractivity contribution in [3.63, 3.8) is 0 Å². The summed E-state index contributed by atoms with van der Waals surface area (Å²) < 4.78 is 0. The van der Waals surface area contributed by atoms with E-state index in [1.54, 1.807) is 0 Å². The van der Waals surface area contributed by atoms with Crippen LogP contribution in [0.1, 0.15) is 51.0 Å². The molecule has 2 rings (SSSR count). The zero-order valence-electron chi connectivity index (χ0n) is 19.5. The largest absolute Gasteiger partial charge is 0.385 e. The second kappa shape index (κ2) is 13.3. The Bertz CT molecular complexity index is 665. The fourth-order valence-electron chi connectivity index (χ4n) is 4.03. The summed E-state index contributed by atoms with van der Waals surface area (Å²) in [5.41, 5.74) is 12.3. The second-order valence-electron chi connectivity index (χ2n) is 8.29. The van der Waals surface area contributed by atoms with E-state index in [4.69, 9.17) is 5.73 Å². The van der Waals surface area contributed by atoms with Crippen LogP contribution in [-0.4, -0.2) is 51.3 Å². The van der Waals surface area contributed by atoms with Crippen molar-refractivity contribution in [3.8, 4) is 0 Å². The molecule has 1 aromatic carbocycles. The molecule has 0 fully saturated rings. The minimum Gasteiger partial charge on any atom is -0.385 e. The zero-order chi connectivity index (χ0) is 21.8. The van der Waals surface area contributed by atoms with E-state index < -0.39 is 0 Å². The van der Waals surface area contributed by atoms with E-state index in [0.29, 0.717) is 6.67 Å². The van der Waals surface area contributed by atoms with Crippen molar-refractivity contribution >= 4 is 5.69 Å². The molecule has 1 aromatic rings. The lowest BCUT2D eigenvalue weighted by atomic mass is 9.93. The van der Waals surface area contributed by atoms with Crippen LogP contribution in [0.15, 0.2) is 47.8 Å². The predicted octanol–water partition coefficient (Wildman–Crippen LogP) is 3.97. The number of hydrogen-bond acceptors (Lipinski definition) is 5. The number of benzene rings is 1. The number of nitrogens with one attached hydrogen (secondary N) is 2. The molecule has 0 radical (unpaired) electrons. The van der Waals surface area contributed by atoms with Gasteiger partial charge in [-0.25, -0.2) is 0 Å². The average Bonchev–Trinajstić information content (AvgIpc) is 2.78. The molecule has 4 N–H and O–H groups in total. The maximum atomic E-state index is 5.84. The minimum absolute atomic E-state index is 0.567. The van der Waals surface area contributed by atoms with E-state index in [0.717, 1.165) is 57.7 Å². The van der Waals surface area contributed by atoms with E-state index in [9.17, 15) is 0 Å². The Kier molecular flexibility index (Phi) is 10.8. The van der Waals surface area contributed by atoms with Gasteiger partial charge in [-0.1, -0.05) is 24.3 Å². The zero-order valence-corrected chi connectivity index (χ0v) is 19.5. The highest BCUT2D eigenvalue weighted by atomic mass is 15.2. The summed E-state index contributed by atoms with van der Waals surface area (Å²) in [6, 6.07) is 8.81. The van der Waals surface area contributed by atoms with E-state index in [-0.39, 0.29) is 0 Å². The standard InChI is InChI=1S/C25H43N5/c1-5-30(23-14-12-21(2)13-15-23)19-18-27-16-8-9-17-28-22(3)24-10-6-7-11-25(24)29(4)20-26/h12-15,27-28H,3,5-11,16-20,26H2,1-2,4H3. The van der Waals surface area contributed by atoms with Gasteiger partial charge in [0.25, 0.3) is 0 Å². The number of likely N-dealkylation sites (N-methyl/N-ethyl adjacent to an activating group) is 1. The molecule has 1 aliphatic rings. The van der Waals surface area contributed by atoms with Gasteiger partial charge < -0.3 is 26.2 Å². The first-order valence-electron chi connectivity index (χ1n) is 11.7. The summed E-state index contributed by atoms with van der Waals surface area (Å²) >= 11 is 0. The van der Waals surface area contributed by atoms with Gasteiger partial charge in [-0.2, -0.15) is 0 Å². The molecule has 0 aliphatic heterocycles. The van der Waals surface area contributed by atoms with Crippen LogP contribution in [0.25, 0.3) is 0 Å². The highest BCUT2D eigenvalue weighted by Crippen LogP contribution is 2.29. The van der Waals surface area contributed by atoms with Crippen molar-refractivity contribution in [3.05, 3.63) is 53.4 Å². The summed E-state index contributed by atoms with van der Waals surface area (Å²) in [4.78, 5) is 4.59. The first-order valence-corrected chi connectivity index (χ1v) is 11.7. The Balaban J connectivity index is 1.61. The molecule has 5 nitrogen and oxygen atoms in total. The monoisotopic (exact) mass is 413 g/mol. The normalized spacial score (nSPS) is 14.0. The van der Waals surface area contributed by atoms with E-state index in [1.807, 2.05) is 0 Å². The summed E-state index contributed by atoms with van der Waals surface area (Å²) in [7, 11) is 2.08. The van der Waals surface area contributed by atoms with Crippen molar-refractivity contribution in [1.82, 2.24) is 15.5 Å². The minimum atomic E-state index is 0.567. The molecule has 0 saturated carbocycles. The Hall–Kier alpha value is -1.98. The van der Waals surface area contributed by atoms with Crippen molar-refractivity contribution in [1.29, 1.82) is 0 Å². The topological polar surface area (TPSA) is 56.6 Å². The highest BCUT2D eigenvalue weighted by molar-refractivity contribution is 5.47. The van der Waals surface area contributed by atoms with Gasteiger partial charge in [0.1, 0.15) is 0 Å². The molecule has 0 aromatic heterocycles. The molecule has 5 heteroatoms. The van der Waals surface area contributed by atoms with Crippen LogP contribution in [0.2, 0.25) is 0 Å². The molecule has 0 atom stereocenters. The number of rotatable bonds is 14. The molecule has 0 unspecified atom stereocenters. The Morgan fingerprint density at radius 3 is 2.47 bits per heavy atom. The van der Waals surface area contributed by atoms with Crippen LogP contribution in [0, 0.1) is 6.92 Å². The van der Waals surface area contributed by atoms with E-state index >= 15 is 0 Å². The highest BCUT2D eigenvalue weighted by Gasteiger charge is 2.17. The molecular formula is C25H43N5. The number of nitrogens with zero attached hydrogens (tertiary/aromatic N) is 2. The van der Waals surface area contributed by atoms with Crippen molar-refractivity contribution in [2.45, 2.75) is 52.4 Å². The van der Waals surface area contributed by atoms with Gasteiger partial charge in [-0.15, -0.1) is 0 Å². The summed E-state index contributed by atoms with van der Waals surface area (Å²) in [6.07, 6.45) is 7.05. The number of aryl methyl sites for hydroxylation is 1. The molecule has 0 heterocycles. The van der Waals surface area contributed by atoms with Gasteiger partial charge in [0.05, 0.1) is 6.67 Å². The number of unbranched alkanes of at least 4 members (excludes halogenated alkanes) is 1. The molecule has 168 valence electrons. The lowest BCUT2D eigenvalue weighted by molar-refractivity contribution is 0.389. The molecule has 0 saturated heterocycles. The van der Waals surface area contributed by atoms with Crippen LogP contribution in [0.4, 0.5) is 5.69 Å². The third kappa shape index (κ3) is 7.69. The maximum Gasteiger partial charge on any atom is 0.0650 e. The van der Waals surface area contributed by atoms with Gasteiger partial charge >= 0.3 is 0 Å². The van der Waals surface area contributed by atoms with E-state index in [1.165, 1.54) is 41.8 Å². The van der Waals surface area contributed by atoms with Gasteiger partial charge in [0.15, 0.2) is 0 Å². The number of nitrogens with two attached hydrogens (primary N) is 1. The SMILES string of the molecule is C=C(NCCCCNCCN(CC)c1ccc(C)cc1)C1=C(N(C)CN)CCCC1. The molecule has 30 heavy (non-hydrogen) atoms. The second-order valence-corrected chi connectivity index (χ2v) is 8.29. The fourth-order valence-corrected chi connectivity index (χ4v) is 4.03. The number of allylic oxidation sites excluding steroid dienone is 2. The first-order chi connectivity index (χ1) is 14.6. The number of hydrogen-bond donors (Lipinski definition) is 3. The lowest BCUT2D eigenvalue weighted by Gasteiger charge is -2.29. The Morgan fingerprint density at radius 1 is 1.07 bits per heavy atom. The van der Waals surface area contributed by atoms with Crippen LogP contribution < -0.4 is 21.3 Å². The third-order valence-corrected chi connectivity index (χ3v) is 6.00. The number of anilines is 1. The quantitative estimate of drug-likeness (QED) is 0.318. The molecule has 1 aliphatic carbocycles. The smallest absolute Gasteiger partial charge is 0.0650 e. The summed E-state index contributed by atoms with van der Waals surface area (Å²) in [6.45, 7) is 14.4. The average molecular weight is 414 g/mol. The van der Waals surface area contributed by atoms with Crippen molar-refractivity contribution in [2.75, 3.05) is 51.3 Å². The first kappa shape index (κ1) is 24.3. The lowest BCUT2D eigenvalue weighted by Crippen LogP contribution is -2.32. The van der Waals surface area contributed by atoms with Gasteiger partial charge in [0.2, 0.25) is 0 Å². The van der Waals surface area contributed by atoms with E-state index in [2.05, 4.69) is 72.2 Å². The van der Waals surface area contributed by atoms with Gasteiger partial charge in [-0.05, 0) is 76.6 Å². The van der Waals surface area contributed by atoms with Crippen molar-refractivity contribution < 1.29 is 0 Å². The van der Waals surface area contributed by atoms with Crippen LogP contribution in [-0.2, 0) is 0 Å². The maximum absolute atomic E-state index is 5.84. The predicted molar refractivity (Wildman–Crippen MR) is 131 cm³/mol. The van der Waals surface area contributed by atoms with Crippen LogP contribution in [0.3, 0.4) is 0 Å². The molecule has 0 bridgehead atoms. The Labute approximate surface area is 184 Å².